The predicted molar refractivity (Wildman–Crippen MR) is 68.9 cm³/mol. The van der Waals surface area contributed by atoms with Crippen molar-refractivity contribution in [2.24, 2.45) is 0 Å². The van der Waals surface area contributed by atoms with E-state index in [1.807, 2.05) is 23.1 Å². The first-order valence-electron chi connectivity index (χ1n) is 5.84. The second-order valence-corrected chi connectivity index (χ2v) is 4.47. The lowest BCUT2D eigenvalue weighted by Crippen LogP contribution is -2.02. The Bertz CT molecular complexity index is 488. The fraction of sp³-hybridized carbons (Fsp3) is 0.385. The van der Waals surface area contributed by atoms with Gasteiger partial charge >= 0.3 is 0 Å². The average molecular weight is 230 g/mol. The summed E-state index contributed by atoms with van der Waals surface area (Å²) >= 11 is 0. The molecule has 1 N–H and O–H groups in total. The van der Waals surface area contributed by atoms with Crippen LogP contribution < -0.4 is 5.32 Å². The van der Waals surface area contributed by atoms with Crippen molar-refractivity contribution in [2.75, 3.05) is 5.32 Å². The van der Waals surface area contributed by atoms with E-state index < -0.39 is 0 Å². The van der Waals surface area contributed by atoms with E-state index in [1.54, 1.807) is 6.20 Å². The van der Waals surface area contributed by atoms with Gasteiger partial charge in [0.1, 0.15) is 0 Å². The summed E-state index contributed by atoms with van der Waals surface area (Å²) in [5.74, 6) is 0. The van der Waals surface area contributed by atoms with Crippen LogP contribution in [0, 0.1) is 6.92 Å². The summed E-state index contributed by atoms with van der Waals surface area (Å²) in [6.07, 6.45) is 7.63. The standard InChI is InChI=1S/C13H18N4/c1-10(2)17-9-12(7-16-17)6-15-13-8-14-5-4-11(13)3/h4-5,7-10,15H,6H2,1-3H3. The molecule has 0 fully saturated rings. The molecule has 2 aromatic heterocycles. The van der Waals surface area contributed by atoms with Crippen molar-refractivity contribution in [2.45, 2.75) is 33.4 Å². The Morgan fingerprint density at radius 2 is 2.18 bits per heavy atom. The summed E-state index contributed by atoms with van der Waals surface area (Å²) < 4.78 is 1.97. The van der Waals surface area contributed by atoms with Gasteiger partial charge in [-0.2, -0.15) is 5.10 Å². The van der Waals surface area contributed by atoms with Crippen LogP contribution in [-0.4, -0.2) is 14.8 Å². The van der Waals surface area contributed by atoms with Crippen LogP contribution in [0.15, 0.2) is 30.9 Å². The molecular formula is C13H18N4. The topological polar surface area (TPSA) is 42.7 Å². The molecule has 0 aromatic carbocycles. The highest BCUT2D eigenvalue weighted by molar-refractivity contribution is 5.48. The van der Waals surface area contributed by atoms with Gasteiger partial charge in [0.25, 0.3) is 0 Å². The number of anilines is 1. The average Bonchev–Trinajstić information content (AvgIpc) is 2.77. The number of hydrogen-bond acceptors (Lipinski definition) is 3. The van der Waals surface area contributed by atoms with Crippen LogP contribution in [0.5, 0.6) is 0 Å². The number of pyridine rings is 1. The lowest BCUT2D eigenvalue weighted by molar-refractivity contribution is 0.532. The molecule has 0 atom stereocenters. The first-order valence-corrected chi connectivity index (χ1v) is 5.84. The van der Waals surface area contributed by atoms with E-state index in [2.05, 4.69) is 42.4 Å². The Morgan fingerprint density at radius 3 is 2.82 bits per heavy atom. The van der Waals surface area contributed by atoms with E-state index in [4.69, 9.17) is 0 Å². The molecule has 0 aliphatic carbocycles. The summed E-state index contributed by atoms with van der Waals surface area (Å²) in [5.41, 5.74) is 3.46. The number of aromatic nitrogens is 3. The van der Waals surface area contributed by atoms with Crippen LogP contribution in [0.1, 0.15) is 31.0 Å². The van der Waals surface area contributed by atoms with Crippen LogP contribution in [0.25, 0.3) is 0 Å². The Balaban J connectivity index is 2.00. The van der Waals surface area contributed by atoms with E-state index in [0.717, 1.165) is 12.2 Å². The van der Waals surface area contributed by atoms with Gasteiger partial charge in [0.2, 0.25) is 0 Å². The van der Waals surface area contributed by atoms with Crippen molar-refractivity contribution in [3.05, 3.63) is 42.0 Å². The van der Waals surface area contributed by atoms with Gasteiger partial charge in [-0.1, -0.05) is 0 Å². The number of nitrogens with zero attached hydrogens (tertiary/aromatic N) is 3. The molecule has 0 saturated heterocycles. The summed E-state index contributed by atoms with van der Waals surface area (Å²) in [4.78, 5) is 4.11. The van der Waals surface area contributed by atoms with Gasteiger partial charge in [-0.25, -0.2) is 0 Å². The molecule has 0 amide bonds. The molecule has 90 valence electrons. The van der Waals surface area contributed by atoms with Crippen molar-refractivity contribution in [1.82, 2.24) is 14.8 Å². The molecule has 0 aliphatic rings. The smallest absolute Gasteiger partial charge is 0.0559 e. The van der Waals surface area contributed by atoms with Gasteiger partial charge in [0, 0.05) is 30.5 Å². The summed E-state index contributed by atoms with van der Waals surface area (Å²) in [6.45, 7) is 7.09. The van der Waals surface area contributed by atoms with E-state index in [0.29, 0.717) is 6.04 Å². The summed E-state index contributed by atoms with van der Waals surface area (Å²) in [7, 11) is 0. The molecule has 2 aromatic rings. The van der Waals surface area contributed by atoms with Crippen LogP contribution in [0.2, 0.25) is 0 Å². The summed E-state index contributed by atoms with van der Waals surface area (Å²) in [6, 6.07) is 2.41. The molecule has 0 bridgehead atoms. The molecule has 4 heteroatoms. The molecule has 17 heavy (non-hydrogen) atoms. The van der Waals surface area contributed by atoms with Gasteiger partial charge < -0.3 is 5.32 Å². The zero-order valence-corrected chi connectivity index (χ0v) is 10.5. The molecule has 0 unspecified atom stereocenters. The highest BCUT2D eigenvalue weighted by Gasteiger charge is 2.02. The molecule has 0 spiro atoms. The highest BCUT2D eigenvalue weighted by atomic mass is 15.3. The van der Waals surface area contributed by atoms with Crippen molar-refractivity contribution in [3.8, 4) is 0 Å². The Kier molecular flexibility index (Phi) is 3.42. The second kappa shape index (κ2) is 4.99. The first-order chi connectivity index (χ1) is 8.16. The van der Waals surface area contributed by atoms with Crippen LogP contribution in [0.4, 0.5) is 5.69 Å². The second-order valence-electron chi connectivity index (χ2n) is 4.47. The molecular weight excluding hydrogens is 212 g/mol. The highest BCUT2D eigenvalue weighted by Crippen LogP contribution is 2.13. The Labute approximate surface area is 102 Å². The quantitative estimate of drug-likeness (QED) is 0.878. The van der Waals surface area contributed by atoms with E-state index in [9.17, 15) is 0 Å². The normalized spacial score (nSPS) is 10.8. The zero-order chi connectivity index (χ0) is 12.3. The third-order valence-corrected chi connectivity index (χ3v) is 2.71. The maximum absolute atomic E-state index is 4.31. The van der Waals surface area contributed by atoms with Crippen molar-refractivity contribution in [3.63, 3.8) is 0 Å². The monoisotopic (exact) mass is 230 g/mol. The van der Waals surface area contributed by atoms with E-state index in [1.165, 1.54) is 11.1 Å². The van der Waals surface area contributed by atoms with Gasteiger partial charge in [-0.05, 0) is 32.4 Å². The third-order valence-electron chi connectivity index (χ3n) is 2.71. The minimum atomic E-state index is 0.406. The minimum Gasteiger partial charge on any atom is -0.379 e. The van der Waals surface area contributed by atoms with Gasteiger partial charge in [-0.3, -0.25) is 9.67 Å². The first kappa shape index (κ1) is 11.6. The zero-order valence-electron chi connectivity index (χ0n) is 10.5. The maximum Gasteiger partial charge on any atom is 0.0559 e. The molecule has 0 aliphatic heterocycles. The lowest BCUT2D eigenvalue weighted by Gasteiger charge is -2.07. The van der Waals surface area contributed by atoms with Gasteiger partial charge in [0.15, 0.2) is 0 Å². The fourth-order valence-corrected chi connectivity index (χ4v) is 1.60. The Morgan fingerprint density at radius 1 is 1.35 bits per heavy atom. The van der Waals surface area contributed by atoms with Crippen LogP contribution in [0.3, 0.4) is 0 Å². The largest absolute Gasteiger partial charge is 0.379 e. The maximum atomic E-state index is 4.31. The van der Waals surface area contributed by atoms with Crippen LogP contribution in [-0.2, 0) is 6.54 Å². The molecule has 0 radical (unpaired) electrons. The molecule has 2 rings (SSSR count). The number of nitrogens with one attached hydrogen (secondary N) is 1. The van der Waals surface area contributed by atoms with Crippen LogP contribution >= 0.6 is 0 Å². The lowest BCUT2D eigenvalue weighted by atomic mass is 10.2. The minimum absolute atomic E-state index is 0.406. The number of rotatable bonds is 4. The van der Waals surface area contributed by atoms with Gasteiger partial charge in [-0.15, -0.1) is 0 Å². The third kappa shape index (κ3) is 2.84. The fourth-order valence-electron chi connectivity index (χ4n) is 1.60. The Hall–Kier alpha value is -1.84. The van der Waals surface area contributed by atoms with Gasteiger partial charge in [0.05, 0.1) is 18.1 Å². The predicted octanol–water partition coefficient (Wildman–Crippen LogP) is 2.78. The van der Waals surface area contributed by atoms with Crippen molar-refractivity contribution < 1.29 is 0 Å². The van der Waals surface area contributed by atoms with E-state index in [-0.39, 0.29) is 0 Å². The van der Waals surface area contributed by atoms with Crippen molar-refractivity contribution in [1.29, 1.82) is 0 Å². The molecule has 4 nitrogen and oxygen atoms in total. The molecule has 0 saturated carbocycles. The van der Waals surface area contributed by atoms with Crippen molar-refractivity contribution >= 4 is 5.69 Å². The SMILES string of the molecule is Cc1ccncc1NCc1cnn(C(C)C)c1. The summed E-state index contributed by atoms with van der Waals surface area (Å²) in [5, 5.41) is 7.68. The number of aryl methyl sites for hydroxylation is 1. The van der Waals surface area contributed by atoms with E-state index >= 15 is 0 Å². The molecule has 2 heterocycles. The number of hydrogen-bond donors (Lipinski definition) is 1.